The summed E-state index contributed by atoms with van der Waals surface area (Å²) in [5.41, 5.74) is 7.99. The molecule has 0 unspecified atom stereocenters. The van der Waals surface area contributed by atoms with Crippen LogP contribution in [0.2, 0.25) is 0 Å². The fourth-order valence-corrected chi connectivity index (χ4v) is 1.96. The quantitative estimate of drug-likeness (QED) is 0.483. The van der Waals surface area contributed by atoms with E-state index >= 15 is 0 Å². The van der Waals surface area contributed by atoms with Crippen molar-refractivity contribution in [3.05, 3.63) is 65.7 Å². The Kier molecular flexibility index (Phi) is 5.83. The minimum absolute atomic E-state index is 0.171. The highest BCUT2D eigenvalue weighted by molar-refractivity contribution is 5.82. The maximum Gasteiger partial charge on any atom is 0.143 e. The first-order chi connectivity index (χ1) is 10.6. The Bertz CT molecular complexity index is 592. The number of amidine groups is 1. The van der Waals surface area contributed by atoms with Crippen LogP contribution in [0.5, 0.6) is 5.75 Å². The third-order valence-corrected chi connectivity index (χ3v) is 2.94. The Balaban J connectivity index is 1.81. The van der Waals surface area contributed by atoms with Crippen LogP contribution in [-0.4, -0.2) is 11.9 Å². The monoisotopic (exact) mass is 298 g/mol. The van der Waals surface area contributed by atoms with E-state index in [4.69, 9.17) is 15.3 Å². The maximum atomic E-state index is 5.85. The summed E-state index contributed by atoms with van der Waals surface area (Å²) in [5.74, 6) is 1.32. The summed E-state index contributed by atoms with van der Waals surface area (Å²) in [4.78, 5) is 5.30. The summed E-state index contributed by atoms with van der Waals surface area (Å²) in [5, 5.41) is 3.95. The lowest BCUT2D eigenvalue weighted by Crippen LogP contribution is -2.15. The second kappa shape index (κ2) is 8.08. The van der Waals surface area contributed by atoms with Crippen molar-refractivity contribution >= 4 is 5.84 Å². The van der Waals surface area contributed by atoms with Gasteiger partial charge in [0.2, 0.25) is 0 Å². The van der Waals surface area contributed by atoms with Crippen LogP contribution in [-0.2, 0) is 17.9 Å². The highest BCUT2D eigenvalue weighted by Crippen LogP contribution is 2.14. The summed E-state index contributed by atoms with van der Waals surface area (Å²) in [6.07, 6.45) is 0.756. The van der Waals surface area contributed by atoms with Gasteiger partial charge in [-0.2, -0.15) is 0 Å². The maximum absolute atomic E-state index is 5.85. The molecule has 0 bridgehead atoms. The van der Waals surface area contributed by atoms with Crippen LogP contribution in [0.15, 0.2) is 59.8 Å². The number of nitrogens with two attached hydrogens (primary N) is 1. The zero-order chi connectivity index (χ0) is 15.8. The highest BCUT2D eigenvalue weighted by Gasteiger charge is 2.00. The number of hydrogen-bond acceptors (Lipinski definition) is 3. The molecule has 0 aliphatic carbocycles. The summed E-state index contributed by atoms with van der Waals surface area (Å²) < 4.78 is 5.59. The zero-order valence-electron chi connectivity index (χ0n) is 13.0. The van der Waals surface area contributed by atoms with Gasteiger partial charge in [-0.05, 0) is 37.1 Å². The molecule has 2 rings (SSSR count). The second-order valence-corrected chi connectivity index (χ2v) is 5.33. The minimum Gasteiger partial charge on any atom is -0.491 e. The van der Waals surface area contributed by atoms with Crippen molar-refractivity contribution in [1.29, 1.82) is 0 Å². The van der Waals surface area contributed by atoms with Gasteiger partial charge in [-0.15, -0.1) is 0 Å². The first-order valence-corrected chi connectivity index (χ1v) is 7.37. The summed E-state index contributed by atoms with van der Waals surface area (Å²) >= 11 is 0. The molecule has 0 spiro atoms. The van der Waals surface area contributed by atoms with Crippen LogP contribution in [0.25, 0.3) is 0 Å². The molecule has 0 aliphatic heterocycles. The molecule has 0 fully saturated rings. The summed E-state index contributed by atoms with van der Waals surface area (Å²) in [6.45, 7) is 4.39. The van der Waals surface area contributed by atoms with E-state index in [1.54, 1.807) is 0 Å². The van der Waals surface area contributed by atoms with Gasteiger partial charge in [0.15, 0.2) is 0 Å². The van der Waals surface area contributed by atoms with Crippen molar-refractivity contribution in [3.63, 3.8) is 0 Å². The van der Waals surface area contributed by atoms with Crippen molar-refractivity contribution < 1.29 is 9.57 Å². The van der Waals surface area contributed by atoms with Gasteiger partial charge in [0.1, 0.15) is 18.2 Å². The third kappa shape index (κ3) is 5.48. The van der Waals surface area contributed by atoms with E-state index in [9.17, 15) is 0 Å². The fourth-order valence-electron chi connectivity index (χ4n) is 1.96. The number of rotatable bonds is 7. The Morgan fingerprint density at radius 2 is 1.68 bits per heavy atom. The Labute approximate surface area is 131 Å². The molecule has 2 N–H and O–H groups in total. The van der Waals surface area contributed by atoms with Crippen LogP contribution in [0.4, 0.5) is 0 Å². The minimum atomic E-state index is 0.171. The lowest BCUT2D eigenvalue weighted by Gasteiger charge is -2.09. The molecule has 0 amide bonds. The molecule has 116 valence electrons. The van der Waals surface area contributed by atoms with Gasteiger partial charge in [-0.1, -0.05) is 47.6 Å². The smallest absolute Gasteiger partial charge is 0.143 e. The standard InChI is InChI=1S/C18H22N2O2/c1-14(2)22-17-10-8-16(9-11-17)13-21-20-18(19)12-15-6-4-3-5-7-15/h3-11,14H,12-13H2,1-2H3,(H2,19,20). The molecule has 2 aromatic carbocycles. The van der Waals surface area contributed by atoms with Gasteiger partial charge in [-0.3, -0.25) is 0 Å². The summed E-state index contributed by atoms with van der Waals surface area (Å²) in [7, 11) is 0. The first kappa shape index (κ1) is 15.9. The zero-order valence-corrected chi connectivity index (χ0v) is 13.0. The van der Waals surface area contributed by atoms with Crippen LogP contribution in [0.1, 0.15) is 25.0 Å². The molecule has 0 saturated carbocycles. The lowest BCUT2D eigenvalue weighted by molar-refractivity contribution is 0.129. The molecule has 0 atom stereocenters. The van der Waals surface area contributed by atoms with Crippen molar-refractivity contribution in [3.8, 4) is 5.75 Å². The van der Waals surface area contributed by atoms with Crippen LogP contribution in [0, 0.1) is 0 Å². The molecule has 0 saturated heterocycles. The molecule has 0 radical (unpaired) electrons. The average molecular weight is 298 g/mol. The molecule has 0 aromatic heterocycles. The predicted molar refractivity (Wildman–Crippen MR) is 88.8 cm³/mol. The van der Waals surface area contributed by atoms with Gasteiger partial charge in [0.05, 0.1) is 6.10 Å². The Hall–Kier alpha value is -2.49. The Morgan fingerprint density at radius 3 is 2.32 bits per heavy atom. The lowest BCUT2D eigenvalue weighted by atomic mass is 10.1. The topological polar surface area (TPSA) is 56.8 Å². The second-order valence-electron chi connectivity index (χ2n) is 5.33. The molecular weight excluding hydrogens is 276 g/mol. The number of oxime groups is 1. The van der Waals surface area contributed by atoms with Crippen molar-refractivity contribution in [1.82, 2.24) is 0 Å². The van der Waals surface area contributed by atoms with E-state index in [-0.39, 0.29) is 6.10 Å². The van der Waals surface area contributed by atoms with Crippen LogP contribution < -0.4 is 10.5 Å². The molecule has 4 heteroatoms. The van der Waals surface area contributed by atoms with Gasteiger partial charge >= 0.3 is 0 Å². The van der Waals surface area contributed by atoms with Crippen molar-refractivity contribution in [2.45, 2.75) is 33.0 Å². The van der Waals surface area contributed by atoms with Gasteiger partial charge in [0, 0.05) is 6.42 Å². The number of nitrogens with zero attached hydrogens (tertiary/aromatic N) is 1. The third-order valence-electron chi connectivity index (χ3n) is 2.94. The van der Waals surface area contributed by atoms with E-state index in [1.165, 1.54) is 0 Å². The number of ether oxygens (including phenoxy) is 1. The van der Waals surface area contributed by atoms with E-state index in [1.807, 2.05) is 68.4 Å². The largest absolute Gasteiger partial charge is 0.491 e. The highest BCUT2D eigenvalue weighted by atomic mass is 16.6. The molecule has 2 aromatic rings. The Morgan fingerprint density at radius 1 is 1.00 bits per heavy atom. The average Bonchev–Trinajstić information content (AvgIpc) is 2.49. The van der Waals surface area contributed by atoms with E-state index < -0.39 is 0 Å². The van der Waals surface area contributed by atoms with E-state index in [2.05, 4.69) is 5.16 Å². The molecule has 22 heavy (non-hydrogen) atoms. The van der Waals surface area contributed by atoms with E-state index in [0.717, 1.165) is 16.9 Å². The van der Waals surface area contributed by atoms with Crippen molar-refractivity contribution in [2.24, 2.45) is 10.9 Å². The van der Waals surface area contributed by atoms with Crippen molar-refractivity contribution in [2.75, 3.05) is 0 Å². The fraction of sp³-hybridized carbons (Fsp3) is 0.278. The number of benzene rings is 2. The molecular formula is C18H22N2O2. The summed E-state index contributed by atoms with van der Waals surface area (Å²) in [6, 6.07) is 17.7. The molecule has 0 aliphatic rings. The predicted octanol–water partition coefficient (Wildman–Crippen LogP) is 3.51. The molecule has 4 nitrogen and oxygen atoms in total. The van der Waals surface area contributed by atoms with E-state index in [0.29, 0.717) is 18.9 Å². The SMILES string of the molecule is CC(C)Oc1ccc(CO/N=C(/N)Cc2ccccc2)cc1. The van der Waals surface area contributed by atoms with Crippen LogP contribution in [0.3, 0.4) is 0 Å². The number of hydrogen-bond donors (Lipinski definition) is 1. The first-order valence-electron chi connectivity index (χ1n) is 7.37. The van der Waals surface area contributed by atoms with Gasteiger partial charge in [-0.25, -0.2) is 0 Å². The normalized spacial score (nSPS) is 11.5. The van der Waals surface area contributed by atoms with Gasteiger partial charge in [0.25, 0.3) is 0 Å². The van der Waals surface area contributed by atoms with Gasteiger partial charge < -0.3 is 15.3 Å². The molecule has 0 heterocycles. The van der Waals surface area contributed by atoms with Crippen LogP contribution >= 0.6 is 0 Å².